The van der Waals surface area contributed by atoms with Gasteiger partial charge in [0, 0.05) is 51.1 Å². The molecule has 0 spiro atoms. The van der Waals surface area contributed by atoms with Crippen molar-refractivity contribution in [1.29, 1.82) is 0 Å². The molecule has 1 aliphatic heterocycles. The summed E-state index contributed by atoms with van der Waals surface area (Å²) in [6.45, 7) is 1.94. The maximum atomic E-state index is 12.6. The number of amides is 1. The summed E-state index contributed by atoms with van der Waals surface area (Å²) in [4.78, 5) is 16.6. The van der Waals surface area contributed by atoms with Crippen molar-refractivity contribution in [3.63, 3.8) is 0 Å². The predicted octanol–water partition coefficient (Wildman–Crippen LogP) is 0.414. The van der Waals surface area contributed by atoms with Crippen LogP contribution in [0.25, 0.3) is 0 Å². The van der Waals surface area contributed by atoms with Gasteiger partial charge in [-0.15, -0.1) is 0 Å². The van der Waals surface area contributed by atoms with E-state index in [0.717, 1.165) is 5.82 Å². The van der Waals surface area contributed by atoms with Gasteiger partial charge >= 0.3 is 0 Å². The Morgan fingerprint density at radius 2 is 1.92 bits per heavy atom. The molecule has 140 valence electrons. The van der Waals surface area contributed by atoms with Crippen LogP contribution in [0.15, 0.2) is 41.6 Å². The Kier molecular flexibility index (Phi) is 5.70. The standard InChI is InChI=1S/C17H22N4O4S/c1-20-9-8-18-16(20)6-7-19-17(22)14-2-4-15(5-3-14)26(23,24)21-10-12-25-13-11-21/h2-5,8-9H,6-7,10-13H2,1H3,(H,19,22). The highest BCUT2D eigenvalue weighted by Gasteiger charge is 2.26. The van der Waals surface area contributed by atoms with Gasteiger partial charge in [-0.1, -0.05) is 0 Å². The molecule has 3 rings (SSSR count). The van der Waals surface area contributed by atoms with Crippen molar-refractivity contribution in [2.45, 2.75) is 11.3 Å². The van der Waals surface area contributed by atoms with Crippen LogP contribution in [0, 0.1) is 0 Å². The smallest absolute Gasteiger partial charge is 0.251 e. The number of imidazole rings is 1. The SMILES string of the molecule is Cn1ccnc1CCNC(=O)c1ccc(S(=O)(=O)N2CCOCC2)cc1. The van der Waals surface area contributed by atoms with Gasteiger partial charge in [0.05, 0.1) is 18.1 Å². The highest BCUT2D eigenvalue weighted by molar-refractivity contribution is 7.89. The van der Waals surface area contributed by atoms with Crippen molar-refractivity contribution in [2.75, 3.05) is 32.8 Å². The first-order chi connectivity index (χ1) is 12.5. The third kappa shape index (κ3) is 4.12. The van der Waals surface area contributed by atoms with E-state index in [-0.39, 0.29) is 10.8 Å². The number of carbonyl (C=O) groups excluding carboxylic acids is 1. The minimum atomic E-state index is -3.55. The molecule has 1 amide bonds. The summed E-state index contributed by atoms with van der Waals surface area (Å²) in [5.74, 6) is 0.645. The molecule has 2 aromatic rings. The Labute approximate surface area is 152 Å². The van der Waals surface area contributed by atoms with Gasteiger partial charge in [0.25, 0.3) is 5.91 Å². The second kappa shape index (κ2) is 7.98. The first kappa shape index (κ1) is 18.6. The van der Waals surface area contributed by atoms with Gasteiger partial charge in [-0.3, -0.25) is 4.79 Å². The monoisotopic (exact) mass is 378 g/mol. The molecule has 2 heterocycles. The molecule has 0 bridgehead atoms. The molecule has 0 aliphatic carbocycles. The van der Waals surface area contributed by atoms with Crippen molar-refractivity contribution in [1.82, 2.24) is 19.2 Å². The Morgan fingerprint density at radius 3 is 2.54 bits per heavy atom. The highest BCUT2D eigenvalue weighted by atomic mass is 32.2. The third-order valence-corrected chi connectivity index (χ3v) is 6.19. The number of sulfonamides is 1. The second-order valence-corrected chi connectivity index (χ2v) is 7.94. The topological polar surface area (TPSA) is 93.5 Å². The van der Waals surface area contributed by atoms with Crippen LogP contribution in [0.3, 0.4) is 0 Å². The number of morpholine rings is 1. The molecule has 1 N–H and O–H groups in total. The summed E-state index contributed by atoms with van der Waals surface area (Å²) in [6, 6.07) is 6.00. The number of aryl methyl sites for hydroxylation is 1. The average Bonchev–Trinajstić information content (AvgIpc) is 3.07. The number of aromatic nitrogens is 2. The van der Waals surface area contributed by atoms with Gasteiger partial charge in [0.15, 0.2) is 0 Å². The van der Waals surface area contributed by atoms with Gasteiger partial charge < -0.3 is 14.6 Å². The molecule has 0 atom stereocenters. The molecule has 1 fully saturated rings. The van der Waals surface area contributed by atoms with Crippen LogP contribution < -0.4 is 5.32 Å². The fourth-order valence-corrected chi connectivity index (χ4v) is 4.15. The van der Waals surface area contributed by atoms with Crippen LogP contribution in [0.4, 0.5) is 0 Å². The second-order valence-electron chi connectivity index (χ2n) is 6.00. The van der Waals surface area contributed by atoms with E-state index in [1.807, 2.05) is 17.8 Å². The summed E-state index contributed by atoms with van der Waals surface area (Å²) in [6.07, 6.45) is 4.19. The maximum absolute atomic E-state index is 12.6. The van der Waals surface area contributed by atoms with Gasteiger partial charge in [-0.05, 0) is 24.3 Å². The molecular weight excluding hydrogens is 356 g/mol. The van der Waals surface area contributed by atoms with E-state index in [1.165, 1.54) is 28.6 Å². The summed E-state index contributed by atoms with van der Waals surface area (Å²) >= 11 is 0. The van der Waals surface area contributed by atoms with Gasteiger partial charge in [-0.25, -0.2) is 13.4 Å². The van der Waals surface area contributed by atoms with Gasteiger partial charge in [0.1, 0.15) is 5.82 Å². The minimum Gasteiger partial charge on any atom is -0.379 e. The Hall–Kier alpha value is -2.23. The zero-order valence-electron chi connectivity index (χ0n) is 14.6. The van der Waals surface area contributed by atoms with Crippen LogP contribution in [0.1, 0.15) is 16.2 Å². The van der Waals surface area contributed by atoms with Crippen molar-refractivity contribution in [2.24, 2.45) is 7.05 Å². The van der Waals surface area contributed by atoms with E-state index in [1.54, 1.807) is 6.20 Å². The van der Waals surface area contributed by atoms with Crippen molar-refractivity contribution in [3.05, 3.63) is 48.0 Å². The van der Waals surface area contributed by atoms with E-state index >= 15 is 0 Å². The van der Waals surface area contributed by atoms with E-state index in [9.17, 15) is 13.2 Å². The molecule has 8 nitrogen and oxygen atoms in total. The summed E-state index contributed by atoms with van der Waals surface area (Å²) in [5.41, 5.74) is 0.422. The predicted molar refractivity (Wildman–Crippen MR) is 95.3 cm³/mol. The summed E-state index contributed by atoms with van der Waals surface area (Å²) in [5, 5.41) is 2.82. The zero-order chi connectivity index (χ0) is 18.6. The molecule has 1 aromatic carbocycles. The normalized spacial score (nSPS) is 15.7. The number of nitrogens with one attached hydrogen (secondary N) is 1. The number of ether oxygens (including phenoxy) is 1. The van der Waals surface area contributed by atoms with Crippen LogP contribution in [-0.4, -0.2) is 61.0 Å². The molecule has 9 heteroatoms. The first-order valence-electron chi connectivity index (χ1n) is 8.41. The number of nitrogens with zero attached hydrogens (tertiary/aromatic N) is 3. The maximum Gasteiger partial charge on any atom is 0.251 e. The van der Waals surface area contributed by atoms with Gasteiger partial charge in [-0.2, -0.15) is 4.31 Å². The molecule has 1 aliphatic rings. The van der Waals surface area contributed by atoms with Crippen LogP contribution >= 0.6 is 0 Å². The fraction of sp³-hybridized carbons (Fsp3) is 0.412. The average molecular weight is 378 g/mol. The van der Waals surface area contributed by atoms with Crippen molar-refractivity contribution >= 4 is 15.9 Å². The number of benzene rings is 1. The Bertz CT molecular complexity index is 855. The Morgan fingerprint density at radius 1 is 1.23 bits per heavy atom. The van der Waals surface area contributed by atoms with E-state index in [0.29, 0.717) is 44.8 Å². The molecule has 0 saturated carbocycles. The first-order valence-corrected chi connectivity index (χ1v) is 9.85. The van der Waals surface area contributed by atoms with E-state index in [4.69, 9.17) is 4.74 Å². The van der Waals surface area contributed by atoms with Crippen molar-refractivity contribution in [3.8, 4) is 0 Å². The molecule has 26 heavy (non-hydrogen) atoms. The highest BCUT2D eigenvalue weighted by Crippen LogP contribution is 2.17. The largest absolute Gasteiger partial charge is 0.379 e. The number of hydrogen-bond donors (Lipinski definition) is 1. The summed E-state index contributed by atoms with van der Waals surface area (Å²) < 4.78 is 33.6. The van der Waals surface area contributed by atoms with Crippen molar-refractivity contribution < 1.29 is 17.9 Å². The molecule has 1 aromatic heterocycles. The van der Waals surface area contributed by atoms with Gasteiger partial charge in [0.2, 0.25) is 10.0 Å². The van der Waals surface area contributed by atoms with Crippen LogP contribution in [0.5, 0.6) is 0 Å². The van der Waals surface area contributed by atoms with Crippen LogP contribution in [-0.2, 0) is 28.2 Å². The van der Waals surface area contributed by atoms with E-state index < -0.39 is 10.0 Å². The number of carbonyl (C=O) groups is 1. The number of rotatable bonds is 6. The molecule has 0 radical (unpaired) electrons. The Balaban J connectivity index is 1.59. The lowest BCUT2D eigenvalue weighted by molar-refractivity contribution is 0.0730. The summed E-state index contributed by atoms with van der Waals surface area (Å²) in [7, 11) is -1.64. The fourth-order valence-electron chi connectivity index (χ4n) is 2.74. The lowest BCUT2D eigenvalue weighted by atomic mass is 10.2. The lowest BCUT2D eigenvalue weighted by Crippen LogP contribution is -2.40. The lowest BCUT2D eigenvalue weighted by Gasteiger charge is -2.26. The minimum absolute atomic E-state index is 0.184. The quantitative estimate of drug-likeness (QED) is 0.786. The zero-order valence-corrected chi connectivity index (χ0v) is 15.4. The molecule has 0 unspecified atom stereocenters. The van der Waals surface area contributed by atoms with Crippen LogP contribution in [0.2, 0.25) is 0 Å². The third-order valence-electron chi connectivity index (χ3n) is 4.28. The van der Waals surface area contributed by atoms with E-state index in [2.05, 4.69) is 10.3 Å². The molecule has 1 saturated heterocycles. The number of hydrogen-bond acceptors (Lipinski definition) is 5. The molecular formula is C17H22N4O4S.